The zero-order chi connectivity index (χ0) is 12.8. The molecule has 0 aromatic rings. The second kappa shape index (κ2) is 6.10. The van der Waals surface area contributed by atoms with Gasteiger partial charge >= 0.3 is 0 Å². The Morgan fingerprint density at radius 2 is 1.21 bits per heavy atom. The van der Waals surface area contributed by atoms with E-state index in [0.29, 0.717) is 0 Å². The van der Waals surface area contributed by atoms with Crippen molar-refractivity contribution in [2.24, 2.45) is 0 Å². The summed E-state index contributed by atoms with van der Waals surface area (Å²) in [6.07, 6.45) is 0. The molecule has 0 bridgehead atoms. The molecule has 0 atom stereocenters. The van der Waals surface area contributed by atoms with E-state index in [1.54, 1.807) is 8.47 Å². The Kier molecular flexibility index (Phi) is 4.61. The van der Waals surface area contributed by atoms with Gasteiger partial charge in [0.1, 0.15) is 0 Å². The molecule has 0 unspecified atom stereocenters. The van der Waals surface area contributed by atoms with E-state index in [2.05, 4.69) is 12.3 Å². The Morgan fingerprint density at radius 1 is 0.684 bits per heavy atom. The fourth-order valence-electron chi connectivity index (χ4n) is 1.60. The molecule has 19 heavy (non-hydrogen) atoms. The minimum atomic E-state index is 1.27. The summed E-state index contributed by atoms with van der Waals surface area (Å²) < 4.78 is 9.07. The summed E-state index contributed by atoms with van der Waals surface area (Å²) in [5.74, 6) is 2.53. The van der Waals surface area contributed by atoms with Crippen LogP contribution in [0.2, 0.25) is 0 Å². The average molecular weight is 397 g/mol. The molecule has 100 valence electrons. The van der Waals surface area contributed by atoms with Gasteiger partial charge in [-0.3, -0.25) is 0 Å². The van der Waals surface area contributed by atoms with Gasteiger partial charge in [-0.15, -0.1) is 23.5 Å². The maximum Gasteiger partial charge on any atom is 0.0718 e. The van der Waals surface area contributed by atoms with Crippen molar-refractivity contribution in [3.63, 3.8) is 0 Å². The van der Waals surface area contributed by atoms with E-state index in [1.165, 1.54) is 33.4 Å². The largest absolute Gasteiger partial charge is 0.116 e. The Labute approximate surface area is 147 Å². The second-order valence-corrected chi connectivity index (χ2v) is 13.8. The van der Waals surface area contributed by atoms with Crippen LogP contribution in [-0.2, 0) is 0 Å². The van der Waals surface area contributed by atoms with Gasteiger partial charge in [-0.2, -0.15) is 0 Å². The second-order valence-electron chi connectivity index (χ2n) is 3.78. The Morgan fingerprint density at radius 3 is 1.89 bits per heavy atom. The summed E-state index contributed by atoms with van der Waals surface area (Å²) in [6, 6.07) is 0. The van der Waals surface area contributed by atoms with E-state index in [9.17, 15) is 0 Å². The summed E-state index contributed by atoms with van der Waals surface area (Å²) in [7, 11) is 0. The quantitative estimate of drug-likeness (QED) is 0.418. The topological polar surface area (TPSA) is 0 Å². The molecule has 0 fully saturated rings. The van der Waals surface area contributed by atoms with Crippen molar-refractivity contribution in [1.82, 2.24) is 0 Å². The molecular weight excluding hydrogens is 389 g/mol. The first-order chi connectivity index (χ1) is 9.29. The highest BCUT2D eigenvalue weighted by molar-refractivity contribution is 8.46. The predicted molar refractivity (Wildman–Crippen MR) is 105 cm³/mol. The van der Waals surface area contributed by atoms with Crippen LogP contribution in [0.4, 0.5) is 0 Å². The zero-order valence-corrected chi connectivity index (χ0v) is 16.3. The summed E-state index contributed by atoms with van der Waals surface area (Å²) in [5, 5.41) is 2.27. The van der Waals surface area contributed by atoms with Crippen LogP contribution in [0, 0.1) is 0 Å². The summed E-state index contributed by atoms with van der Waals surface area (Å²) >= 11 is 15.8. The normalized spacial score (nSPS) is 26.9. The Hall–Kier alpha value is 1.76. The van der Waals surface area contributed by atoms with Crippen LogP contribution < -0.4 is 0 Å². The van der Waals surface area contributed by atoms with Crippen molar-refractivity contribution in [1.29, 1.82) is 0 Å². The lowest BCUT2D eigenvalue weighted by Gasteiger charge is -2.08. The van der Waals surface area contributed by atoms with E-state index in [1.807, 2.05) is 94.1 Å². The minimum Gasteiger partial charge on any atom is -0.116 e. The van der Waals surface area contributed by atoms with Gasteiger partial charge < -0.3 is 0 Å². The Bertz CT molecular complexity index is 547. The number of rotatable bonds is 0. The molecule has 0 aromatic carbocycles. The average Bonchev–Trinajstić information content (AvgIpc) is 3.00. The molecule has 4 rings (SSSR count). The summed E-state index contributed by atoms with van der Waals surface area (Å²) in [4.78, 5) is 1.42. The van der Waals surface area contributed by atoms with Gasteiger partial charge in [-0.1, -0.05) is 70.6 Å². The van der Waals surface area contributed by atoms with Crippen LogP contribution in [0.3, 0.4) is 0 Å². The van der Waals surface area contributed by atoms with Crippen molar-refractivity contribution < 1.29 is 0 Å². The molecule has 4 aliphatic heterocycles. The van der Waals surface area contributed by atoms with Crippen LogP contribution in [0.1, 0.15) is 6.92 Å². The maximum atomic E-state index is 2.27. The predicted octanol–water partition coefficient (Wildman–Crippen LogP) is 7.15. The van der Waals surface area contributed by atoms with E-state index in [-0.39, 0.29) is 0 Å². The molecule has 0 aliphatic carbocycles. The lowest BCUT2D eigenvalue weighted by molar-refractivity contribution is 1.56. The van der Waals surface area contributed by atoms with Gasteiger partial charge in [-0.25, -0.2) is 0 Å². The first kappa shape index (κ1) is 14.4. The standard InChI is InChI=1S/C11H8S8/c1-5-4-14-8-9(15-5)19-11(18-8)10-16-6-7(17-10)13-3-2-12-6/h4H,2-3H2,1H3. The summed E-state index contributed by atoms with van der Waals surface area (Å²) in [6.45, 7) is 2.20. The van der Waals surface area contributed by atoms with Crippen molar-refractivity contribution in [2.45, 2.75) is 6.92 Å². The molecule has 4 heterocycles. The number of hydrogen-bond donors (Lipinski definition) is 0. The third-order valence-corrected chi connectivity index (χ3v) is 14.2. The van der Waals surface area contributed by atoms with E-state index >= 15 is 0 Å². The molecule has 0 radical (unpaired) electrons. The van der Waals surface area contributed by atoms with Crippen molar-refractivity contribution in [2.75, 3.05) is 11.5 Å². The molecule has 8 heteroatoms. The molecule has 0 nitrogen and oxygen atoms in total. The number of thioether (sulfide) groups is 8. The van der Waals surface area contributed by atoms with Crippen LogP contribution in [0.25, 0.3) is 0 Å². The fourth-order valence-corrected chi connectivity index (χ4v) is 13.4. The van der Waals surface area contributed by atoms with Gasteiger partial charge in [0.05, 0.1) is 25.4 Å². The first-order valence-electron chi connectivity index (χ1n) is 5.51. The third-order valence-electron chi connectivity index (χ3n) is 2.38. The van der Waals surface area contributed by atoms with E-state index in [0.717, 1.165) is 0 Å². The van der Waals surface area contributed by atoms with Gasteiger partial charge in [-0.05, 0) is 17.2 Å². The lowest BCUT2D eigenvalue weighted by Crippen LogP contribution is -1.88. The smallest absolute Gasteiger partial charge is 0.0718 e. The van der Waals surface area contributed by atoms with Gasteiger partial charge in [0.25, 0.3) is 0 Å². The summed E-state index contributed by atoms with van der Waals surface area (Å²) in [5.41, 5.74) is 0. The highest BCUT2D eigenvalue weighted by Gasteiger charge is 2.32. The van der Waals surface area contributed by atoms with Crippen molar-refractivity contribution >= 4 is 94.1 Å². The zero-order valence-electron chi connectivity index (χ0n) is 9.76. The molecule has 0 saturated carbocycles. The van der Waals surface area contributed by atoms with Crippen LogP contribution in [-0.4, -0.2) is 11.5 Å². The SMILES string of the molecule is CC1=CSC2=C(S1)SC(=C1SC3=C(SCCS3)S1)S2. The van der Waals surface area contributed by atoms with Crippen LogP contribution in [0.5, 0.6) is 0 Å². The van der Waals surface area contributed by atoms with Crippen LogP contribution >= 0.6 is 94.1 Å². The Balaban J connectivity index is 1.53. The maximum absolute atomic E-state index is 2.27. The number of hydrogen-bond acceptors (Lipinski definition) is 8. The monoisotopic (exact) mass is 396 g/mol. The molecule has 4 aliphatic rings. The van der Waals surface area contributed by atoms with Gasteiger partial charge in [0.15, 0.2) is 0 Å². The molecule has 0 aromatic heterocycles. The minimum absolute atomic E-state index is 1.27. The highest BCUT2D eigenvalue weighted by atomic mass is 32.3. The number of allylic oxidation sites excluding steroid dienone is 1. The highest BCUT2D eigenvalue weighted by Crippen LogP contribution is 2.68. The third kappa shape index (κ3) is 2.98. The molecule has 0 spiro atoms. The molecule has 0 N–H and O–H groups in total. The molecule has 0 amide bonds. The van der Waals surface area contributed by atoms with Gasteiger partial charge in [0, 0.05) is 11.5 Å². The lowest BCUT2D eigenvalue weighted by atomic mass is 10.8. The van der Waals surface area contributed by atoms with Crippen LogP contribution in [0.15, 0.2) is 35.7 Å². The van der Waals surface area contributed by atoms with E-state index in [4.69, 9.17) is 0 Å². The van der Waals surface area contributed by atoms with E-state index < -0.39 is 0 Å². The first-order valence-corrected chi connectivity index (χ1v) is 12.4. The fraction of sp³-hybridized carbons (Fsp3) is 0.273. The van der Waals surface area contributed by atoms with Crippen molar-refractivity contribution in [3.05, 3.63) is 35.7 Å². The van der Waals surface area contributed by atoms with Gasteiger partial charge in [0.2, 0.25) is 0 Å². The molecular formula is C11H8S8. The van der Waals surface area contributed by atoms with Crippen molar-refractivity contribution in [3.8, 4) is 0 Å². The molecule has 0 saturated heterocycles.